The number of likely N-dealkylation sites (tertiary alicyclic amines) is 2. The minimum atomic E-state index is -0.684. The minimum absolute atomic E-state index is 0.114. The minimum Gasteiger partial charge on any atom is -0.444 e. The van der Waals surface area contributed by atoms with Crippen molar-refractivity contribution < 1.29 is 28.3 Å². The van der Waals surface area contributed by atoms with E-state index in [0.29, 0.717) is 41.8 Å². The number of carbonyl (C=O) groups is 4. The number of amides is 4. The van der Waals surface area contributed by atoms with E-state index in [2.05, 4.69) is 15.6 Å². The number of carbonyl (C=O) groups excluding carboxylic acids is 4. The van der Waals surface area contributed by atoms with Gasteiger partial charge in [0.2, 0.25) is 5.91 Å². The van der Waals surface area contributed by atoms with Gasteiger partial charge in [0.25, 0.3) is 0 Å². The Labute approximate surface area is 250 Å². The third kappa shape index (κ3) is 8.27. The number of hydrogen-bond donors (Lipinski definition) is 2. The average molecular weight is 602 g/mol. The molecule has 2 aliphatic heterocycles. The van der Waals surface area contributed by atoms with E-state index in [0.717, 1.165) is 36.2 Å². The van der Waals surface area contributed by atoms with Crippen LogP contribution >= 0.6 is 11.3 Å². The number of anilines is 1. The summed E-state index contributed by atoms with van der Waals surface area (Å²) in [5, 5.41) is 5.92. The van der Waals surface area contributed by atoms with Gasteiger partial charge in [-0.05, 0) is 77.0 Å². The standard InChI is InChI=1S/C30H40FN5O5S/c1-18-25(19(2)37)42-28(32-18)34-27(39)33-24-12-14-36(29(40)41-30(3,4)5)17-23(24)26(38)35-13-6-7-21(16-35)15-20-8-10-22(31)11-9-20/h8-11,21,23-24H,6-7,12-17H2,1-5H3,(H2,32,33,34,39)/t21-,23+,24+/m0/s1. The summed E-state index contributed by atoms with van der Waals surface area (Å²) in [6.07, 6.45) is 2.39. The van der Waals surface area contributed by atoms with Gasteiger partial charge in [0, 0.05) is 39.1 Å². The molecular weight excluding hydrogens is 561 g/mol. The number of hydrogen-bond acceptors (Lipinski definition) is 7. The van der Waals surface area contributed by atoms with E-state index in [9.17, 15) is 23.6 Å². The van der Waals surface area contributed by atoms with Crippen molar-refractivity contribution in [2.75, 3.05) is 31.5 Å². The molecule has 3 heterocycles. The van der Waals surface area contributed by atoms with Crippen molar-refractivity contribution in [2.24, 2.45) is 11.8 Å². The Morgan fingerprint density at radius 1 is 1.07 bits per heavy atom. The van der Waals surface area contributed by atoms with Crippen LogP contribution in [-0.2, 0) is 16.0 Å². The van der Waals surface area contributed by atoms with Crippen LogP contribution in [0.5, 0.6) is 0 Å². The van der Waals surface area contributed by atoms with E-state index in [1.54, 1.807) is 39.8 Å². The highest BCUT2D eigenvalue weighted by atomic mass is 32.1. The highest BCUT2D eigenvalue weighted by Gasteiger charge is 2.41. The molecule has 0 bridgehead atoms. The molecule has 1 aromatic heterocycles. The van der Waals surface area contributed by atoms with Gasteiger partial charge in [-0.25, -0.2) is 19.0 Å². The number of nitrogens with one attached hydrogen (secondary N) is 2. The summed E-state index contributed by atoms with van der Waals surface area (Å²) >= 11 is 1.10. The first-order valence-corrected chi connectivity index (χ1v) is 15.2. The van der Waals surface area contributed by atoms with Crippen molar-refractivity contribution in [3.63, 3.8) is 0 Å². The average Bonchev–Trinajstić information content (AvgIpc) is 3.28. The maximum absolute atomic E-state index is 14.0. The SMILES string of the molecule is CC(=O)c1sc(NC(=O)N[C@@H]2CCN(C(=O)OC(C)(C)C)C[C@H]2C(=O)N2CCC[C@@H](Cc3ccc(F)cc3)C2)nc1C. The van der Waals surface area contributed by atoms with Crippen LogP contribution in [0.15, 0.2) is 24.3 Å². The van der Waals surface area contributed by atoms with Gasteiger partial charge in [0.05, 0.1) is 16.5 Å². The number of aromatic nitrogens is 1. The molecule has 2 aliphatic rings. The van der Waals surface area contributed by atoms with Crippen LogP contribution in [0.25, 0.3) is 0 Å². The quantitative estimate of drug-likeness (QED) is 0.449. The van der Waals surface area contributed by atoms with Crippen molar-refractivity contribution >= 4 is 40.3 Å². The number of ketones is 1. The van der Waals surface area contributed by atoms with Gasteiger partial charge in [0.15, 0.2) is 10.9 Å². The maximum Gasteiger partial charge on any atom is 0.410 e. The number of rotatable bonds is 6. The number of piperidine rings is 2. The Morgan fingerprint density at radius 2 is 1.79 bits per heavy atom. The number of urea groups is 1. The van der Waals surface area contributed by atoms with Crippen LogP contribution in [0, 0.1) is 24.6 Å². The van der Waals surface area contributed by atoms with Crippen molar-refractivity contribution in [2.45, 2.75) is 71.9 Å². The molecule has 2 fully saturated rings. The van der Waals surface area contributed by atoms with Gasteiger partial charge in [0.1, 0.15) is 11.4 Å². The third-order valence-corrected chi connectivity index (χ3v) is 8.68. The molecule has 0 radical (unpaired) electrons. The fourth-order valence-corrected chi connectivity index (χ4v) is 6.42. The van der Waals surface area contributed by atoms with E-state index >= 15 is 0 Å². The molecule has 3 atom stereocenters. The molecule has 2 N–H and O–H groups in total. The number of ether oxygens (including phenoxy) is 1. The molecule has 1 aromatic carbocycles. The third-order valence-electron chi connectivity index (χ3n) is 7.50. The first-order valence-electron chi connectivity index (χ1n) is 14.4. The summed E-state index contributed by atoms with van der Waals surface area (Å²) in [6.45, 7) is 10.1. The van der Waals surface area contributed by atoms with Gasteiger partial charge in [-0.2, -0.15) is 0 Å². The fourth-order valence-electron chi connectivity index (χ4n) is 5.57. The number of benzene rings is 1. The van der Waals surface area contributed by atoms with Crippen molar-refractivity contribution in [3.8, 4) is 0 Å². The lowest BCUT2D eigenvalue weighted by Gasteiger charge is -2.42. The van der Waals surface area contributed by atoms with Gasteiger partial charge >= 0.3 is 12.1 Å². The van der Waals surface area contributed by atoms with Crippen molar-refractivity contribution in [3.05, 3.63) is 46.2 Å². The lowest BCUT2D eigenvalue weighted by molar-refractivity contribution is -0.140. The monoisotopic (exact) mass is 601 g/mol. The van der Waals surface area contributed by atoms with Crippen LogP contribution < -0.4 is 10.6 Å². The molecule has 0 spiro atoms. The van der Waals surface area contributed by atoms with Crippen LogP contribution in [0.4, 0.5) is 19.1 Å². The molecule has 12 heteroatoms. The summed E-state index contributed by atoms with van der Waals surface area (Å²) in [4.78, 5) is 59.8. The Bertz CT molecular complexity index is 1310. The molecule has 2 aromatic rings. The summed E-state index contributed by atoms with van der Waals surface area (Å²) in [5.74, 6) is -0.985. The molecule has 10 nitrogen and oxygen atoms in total. The van der Waals surface area contributed by atoms with E-state index in [-0.39, 0.29) is 30.0 Å². The van der Waals surface area contributed by atoms with E-state index in [1.165, 1.54) is 24.0 Å². The molecule has 228 valence electrons. The Hall–Kier alpha value is -3.54. The first-order chi connectivity index (χ1) is 19.8. The summed E-state index contributed by atoms with van der Waals surface area (Å²) in [6, 6.07) is 5.39. The smallest absolute Gasteiger partial charge is 0.410 e. The number of halogens is 1. The maximum atomic E-state index is 14.0. The molecular formula is C30H40FN5O5S. The Balaban J connectivity index is 1.47. The summed E-state index contributed by atoms with van der Waals surface area (Å²) < 4.78 is 18.9. The molecule has 4 amide bonds. The molecule has 2 saturated heterocycles. The van der Waals surface area contributed by atoms with E-state index in [1.807, 2.05) is 4.90 Å². The van der Waals surface area contributed by atoms with Crippen molar-refractivity contribution in [1.82, 2.24) is 20.1 Å². The van der Waals surface area contributed by atoms with Gasteiger partial charge < -0.3 is 19.9 Å². The lowest BCUT2D eigenvalue weighted by atomic mass is 9.87. The number of thiazole rings is 1. The fraction of sp³-hybridized carbons (Fsp3) is 0.567. The first kappa shape index (κ1) is 31.4. The van der Waals surface area contributed by atoms with E-state index < -0.39 is 29.7 Å². The second kappa shape index (κ2) is 13.2. The highest BCUT2D eigenvalue weighted by molar-refractivity contribution is 7.17. The van der Waals surface area contributed by atoms with E-state index in [4.69, 9.17) is 4.74 Å². The van der Waals surface area contributed by atoms with Gasteiger partial charge in [-0.3, -0.25) is 14.9 Å². The number of aryl methyl sites for hydroxylation is 1. The van der Waals surface area contributed by atoms with Gasteiger partial charge in [-0.15, -0.1) is 0 Å². The largest absolute Gasteiger partial charge is 0.444 e. The Morgan fingerprint density at radius 3 is 2.43 bits per heavy atom. The van der Waals surface area contributed by atoms with Crippen LogP contribution in [0.2, 0.25) is 0 Å². The zero-order valence-electron chi connectivity index (χ0n) is 24.9. The van der Waals surface area contributed by atoms with Crippen LogP contribution in [-0.4, -0.2) is 76.4 Å². The zero-order chi connectivity index (χ0) is 30.6. The molecule has 0 aliphatic carbocycles. The summed E-state index contributed by atoms with van der Waals surface area (Å²) in [5.41, 5.74) is 0.879. The van der Waals surface area contributed by atoms with Gasteiger partial charge in [-0.1, -0.05) is 23.5 Å². The highest BCUT2D eigenvalue weighted by Crippen LogP contribution is 2.27. The predicted molar refractivity (Wildman–Crippen MR) is 158 cm³/mol. The predicted octanol–water partition coefficient (Wildman–Crippen LogP) is 5.02. The second-order valence-corrected chi connectivity index (χ2v) is 13.1. The Kier molecular flexibility index (Phi) is 9.85. The number of nitrogens with zero attached hydrogens (tertiary/aromatic N) is 3. The molecule has 42 heavy (non-hydrogen) atoms. The van der Waals surface area contributed by atoms with Crippen LogP contribution in [0.1, 0.15) is 67.9 Å². The second-order valence-electron chi connectivity index (χ2n) is 12.1. The summed E-state index contributed by atoms with van der Waals surface area (Å²) in [7, 11) is 0. The lowest BCUT2D eigenvalue weighted by Crippen LogP contribution is -2.59. The van der Waals surface area contributed by atoms with Crippen molar-refractivity contribution in [1.29, 1.82) is 0 Å². The molecule has 0 unspecified atom stereocenters. The normalized spacial score (nSPS) is 21.0. The van der Waals surface area contributed by atoms with Crippen LogP contribution in [0.3, 0.4) is 0 Å². The molecule has 4 rings (SSSR count). The molecule has 0 saturated carbocycles. The zero-order valence-corrected chi connectivity index (χ0v) is 25.7. The number of Topliss-reactive ketones (excluding diaryl/α,β-unsaturated/α-hetero) is 1. The topological polar surface area (TPSA) is 121 Å².